The van der Waals surface area contributed by atoms with Crippen molar-refractivity contribution in [1.29, 1.82) is 0 Å². The molecule has 0 bridgehead atoms. The van der Waals surface area contributed by atoms with Gasteiger partial charge in [-0.1, -0.05) is 47.5 Å². The molecule has 0 radical (unpaired) electrons. The Labute approximate surface area is 149 Å². The van der Waals surface area contributed by atoms with Gasteiger partial charge in [-0.25, -0.2) is 4.98 Å². The summed E-state index contributed by atoms with van der Waals surface area (Å²) in [7, 11) is 0. The van der Waals surface area contributed by atoms with Crippen LogP contribution in [0.4, 0.5) is 0 Å². The summed E-state index contributed by atoms with van der Waals surface area (Å²) in [5, 5.41) is 0. The van der Waals surface area contributed by atoms with Crippen LogP contribution in [0.15, 0.2) is 69.6 Å². The summed E-state index contributed by atoms with van der Waals surface area (Å²) in [6.45, 7) is 4.17. The van der Waals surface area contributed by atoms with E-state index in [1.807, 2.05) is 18.2 Å². The minimum absolute atomic E-state index is 0.655. The van der Waals surface area contributed by atoms with Gasteiger partial charge in [-0.15, -0.1) is 0 Å². The summed E-state index contributed by atoms with van der Waals surface area (Å²) >= 11 is 3.63. The van der Waals surface area contributed by atoms with Crippen LogP contribution in [0.1, 0.15) is 11.1 Å². The second kappa shape index (κ2) is 5.91. The van der Waals surface area contributed by atoms with Crippen LogP contribution in [-0.4, -0.2) is 4.98 Å². The molecule has 1 aromatic heterocycles. The number of rotatable bonds is 2. The quantitative estimate of drug-likeness (QED) is 0.396. The monoisotopic (exact) mass is 377 g/mol. The van der Waals surface area contributed by atoms with Gasteiger partial charge in [0, 0.05) is 5.56 Å². The Bertz CT molecular complexity index is 1010. The van der Waals surface area contributed by atoms with Gasteiger partial charge in [0.05, 0.1) is 4.47 Å². The number of halogens is 1. The SMILES string of the molecule is Cc1cc(C)cc(-c2nc3cc(-c4ccccc4)cc(Br)c3o2)c1. The average Bonchev–Trinajstić information content (AvgIpc) is 2.99. The van der Waals surface area contributed by atoms with E-state index in [9.17, 15) is 0 Å². The molecule has 0 saturated heterocycles. The first-order chi connectivity index (χ1) is 11.6. The Morgan fingerprint density at radius 1 is 0.792 bits per heavy atom. The zero-order valence-electron chi connectivity index (χ0n) is 13.5. The molecule has 0 saturated carbocycles. The normalized spacial score (nSPS) is 11.1. The summed E-state index contributed by atoms with van der Waals surface area (Å²) in [4.78, 5) is 4.72. The summed E-state index contributed by atoms with van der Waals surface area (Å²) in [6, 6.07) is 20.8. The lowest BCUT2D eigenvalue weighted by molar-refractivity contribution is 0.618. The molecule has 0 aliphatic heterocycles. The third-order valence-corrected chi connectivity index (χ3v) is 4.61. The van der Waals surface area contributed by atoms with Gasteiger partial charge in [-0.2, -0.15) is 0 Å². The molecule has 0 unspecified atom stereocenters. The molecule has 2 nitrogen and oxygen atoms in total. The Kier molecular flexibility index (Phi) is 3.73. The average molecular weight is 378 g/mol. The predicted octanol–water partition coefficient (Wildman–Crippen LogP) is 6.54. The molecule has 0 aliphatic carbocycles. The van der Waals surface area contributed by atoms with E-state index in [-0.39, 0.29) is 0 Å². The Morgan fingerprint density at radius 3 is 2.21 bits per heavy atom. The van der Waals surface area contributed by atoms with Gasteiger partial charge in [0.25, 0.3) is 0 Å². The minimum Gasteiger partial charge on any atom is -0.435 e. The fraction of sp³-hybridized carbons (Fsp3) is 0.0952. The standard InChI is InChI=1S/C21H16BrNO/c1-13-8-14(2)10-17(9-13)21-23-19-12-16(11-18(22)20(19)24-21)15-6-4-3-5-7-15/h3-12H,1-2H3. The van der Waals surface area contributed by atoms with Crippen molar-refractivity contribution in [3.63, 3.8) is 0 Å². The maximum absolute atomic E-state index is 6.03. The van der Waals surface area contributed by atoms with Crippen molar-refractivity contribution in [1.82, 2.24) is 4.98 Å². The van der Waals surface area contributed by atoms with Crippen molar-refractivity contribution >= 4 is 27.0 Å². The van der Waals surface area contributed by atoms with Crippen LogP contribution in [0.25, 0.3) is 33.7 Å². The van der Waals surface area contributed by atoms with E-state index in [4.69, 9.17) is 9.40 Å². The highest BCUT2D eigenvalue weighted by Crippen LogP contribution is 2.34. The number of hydrogen-bond acceptors (Lipinski definition) is 2. The third-order valence-electron chi connectivity index (χ3n) is 4.02. The van der Waals surface area contributed by atoms with Crippen LogP contribution in [0, 0.1) is 13.8 Å². The van der Waals surface area contributed by atoms with E-state index in [0.29, 0.717) is 5.89 Å². The van der Waals surface area contributed by atoms with E-state index < -0.39 is 0 Å². The topological polar surface area (TPSA) is 26.0 Å². The maximum atomic E-state index is 6.03. The fourth-order valence-corrected chi connectivity index (χ4v) is 3.54. The van der Waals surface area contributed by atoms with Gasteiger partial charge in [-0.05, 0) is 65.2 Å². The molecule has 0 N–H and O–H groups in total. The molecule has 24 heavy (non-hydrogen) atoms. The van der Waals surface area contributed by atoms with Gasteiger partial charge >= 0.3 is 0 Å². The van der Waals surface area contributed by atoms with Crippen LogP contribution >= 0.6 is 15.9 Å². The first-order valence-corrected chi connectivity index (χ1v) is 8.63. The van der Waals surface area contributed by atoms with Crippen LogP contribution < -0.4 is 0 Å². The van der Waals surface area contributed by atoms with Gasteiger partial charge in [0.1, 0.15) is 5.52 Å². The smallest absolute Gasteiger partial charge is 0.227 e. The summed E-state index contributed by atoms with van der Waals surface area (Å²) in [5.41, 5.74) is 7.34. The van der Waals surface area contributed by atoms with E-state index in [1.54, 1.807) is 0 Å². The molecule has 1 heterocycles. The summed E-state index contributed by atoms with van der Waals surface area (Å²) in [5.74, 6) is 0.655. The zero-order chi connectivity index (χ0) is 16.7. The number of fused-ring (bicyclic) bond motifs is 1. The van der Waals surface area contributed by atoms with Gasteiger partial charge in [0.2, 0.25) is 5.89 Å². The number of oxazole rings is 1. The van der Waals surface area contributed by atoms with Gasteiger partial charge in [-0.3, -0.25) is 0 Å². The third kappa shape index (κ3) is 2.76. The lowest BCUT2D eigenvalue weighted by Gasteiger charge is -2.02. The van der Waals surface area contributed by atoms with Crippen molar-refractivity contribution in [3.05, 3.63) is 76.3 Å². The molecule has 3 aromatic carbocycles. The van der Waals surface area contributed by atoms with Crippen LogP contribution in [0.2, 0.25) is 0 Å². The maximum Gasteiger partial charge on any atom is 0.227 e. The Morgan fingerprint density at radius 2 is 1.50 bits per heavy atom. The van der Waals surface area contributed by atoms with Crippen LogP contribution in [-0.2, 0) is 0 Å². The lowest BCUT2D eigenvalue weighted by Crippen LogP contribution is -1.82. The highest BCUT2D eigenvalue weighted by atomic mass is 79.9. The number of aromatic nitrogens is 1. The molecule has 0 aliphatic rings. The Hall–Kier alpha value is -2.39. The van der Waals surface area contributed by atoms with E-state index >= 15 is 0 Å². The molecular formula is C21H16BrNO. The van der Waals surface area contributed by atoms with Crippen LogP contribution in [0.3, 0.4) is 0 Å². The van der Waals surface area contributed by atoms with Crippen molar-refractivity contribution in [2.75, 3.05) is 0 Å². The highest BCUT2D eigenvalue weighted by molar-refractivity contribution is 9.10. The molecule has 0 atom stereocenters. The van der Waals surface area contributed by atoms with Crippen molar-refractivity contribution in [2.45, 2.75) is 13.8 Å². The molecule has 4 rings (SSSR count). The first-order valence-electron chi connectivity index (χ1n) is 7.84. The molecule has 0 spiro atoms. The number of aryl methyl sites for hydroxylation is 2. The minimum atomic E-state index is 0.655. The van der Waals surface area contributed by atoms with Crippen molar-refractivity contribution in [3.8, 4) is 22.6 Å². The number of nitrogens with zero attached hydrogens (tertiary/aromatic N) is 1. The predicted molar refractivity (Wildman–Crippen MR) is 102 cm³/mol. The van der Waals surface area contributed by atoms with Gasteiger partial charge < -0.3 is 4.42 Å². The van der Waals surface area contributed by atoms with Crippen molar-refractivity contribution < 1.29 is 4.42 Å². The molecular weight excluding hydrogens is 362 g/mol. The van der Waals surface area contributed by atoms with E-state index in [1.165, 1.54) is 11.1 Å². The van der Waals surface area contributed by atoms with E-state index in [2.05, 4.69) is 72.2 Å². The molecule has 3 heteroatoms. The fourth-order valence-electron chi connectivity index (χ4n) is 3.01. The molecule has 0 amide bonds. The zero-order valence-corrected chi connectivity index (χ0v) is 15.1. The second-order valence-electron chi connectivity index (χ2n) is 6.07. The first kappa shape index (κ1) is 15.2. The summed E-state index contributed by atoms with van der Waals surface area (Å²) in [6.07, 6.45) is 0. The summed E-state index contributed by atoms with van der Waals surface area (Å²) < 4.78 is 6.95. The lowest BCUT2D eigenvalue weighted by atomic mass is 10.1. The van der Waals surface area contributed by atoms with Crippen molar-refractivity contribution in [2.24, 2.45) is 0 Å². The van der Waals surface area contributed by atoms with Gasteiger partial charge in [0.15, 0.2) is 5.58 Å². The van der Waals surface area contributed by atoms with Crippen LogP contribution in [0.5, 0.6) is 0 Å². The Balaban J connectivity index is 1.88. The number of benzene rings is 3. The second-order valence-corrected chi connectivity index (χ2v) is 6.92. The molecule has 118 valence electrons. The van der Waals surface area contributed by atoms with E-state index in [0.717, 1.165) is 32.3 Å². The molecule has 0 fully saturated rings. The number of hydrogen-bond donors (Lipinski definition) is 0. The largest absolute Gasteiger partial charge is 0.435 e. The highest BCUT2D eigenvalue weighted by Gasteiger charge is 2.13. The molecule has 4 aromatic rings.